The third kappa shape index (κ3) is 2.67. The highest BCUT2D eigenvalue weighted by atomic mass is 16.6. The number of hydrogen-bond donors (Lipinski definition) is 0. The molecule has 1 atom stereocenters. The summed E-state index contributed by atoms with van der Waals surface area (Å²) < 4.78 is 4.85. The largest absolute Gasteiger partial charge is 0.330 e. The van der Waals surface area contributed by atoms with Gasteiger partial charge in [-0.05, 0) is 51.8 Å². The Hall–Kier alpha value is -2.76. The normalized spacial score (nSPS) is 17.4. The van der Waals surface area contributed by atoms with E-state index in [1.165, 1.54) is 0 Å². The van der Waals surface area contributed by atoms with Gasteiger partial charge in [-0.2, -0.15) is 0 Å². The average Bonchev–Trinajstić information content (AvgIpc) is 3.22. The Labute approximate surface area is 145 Å². The highest BCUT2D eigenvalue weighted by Gasteiger charge is 2.34. The molecule has 0 unspecified atom stereocenters. The van der Waals surface area contributed by atoms with Gasteiger partial charge in [-0.1, -0.05) is 21.9 Å². The molecule has 3 aromatic rings. The Morgan fingerprint density at radius 1 is 1.20 bits per heavy atom. The summed E-state index contributed by atoms with van der Waals surface area (Å²) in [4.78, 5) is 19.8. The van der Waals surface area contributed by atoms with Gasteiger partial charge < -0.3 is 4.90 Å². The van der Waals surface area contributed by atoms with Gasteiger partial charge in [0.1, 0.15) is 11.4 Å². The van der Waals surface area contributed by atoms with E-state index in [0.29, 0.717) is 12.1 Å². The molecule has 3 heterocycles. The second-order valence-electron chi connectivity index (χ2n) is 6.72. The van der Waals surface area contributed by atoms with Crippen molar-refractivity contribution in [1.29, 1.82) is 0 Å². The van der Waals surface area contributed by atoms with Crippen molar-refractivity contribution in [3.63, 3.8) is 0 Å². The Kier molecular flexibility index (Phi) is 3.75. The number of pyridine rings is 1. The van der Waals surface area contributed by atoms with Gasteiger partial charge in [0.05, 0.1) is 17.1 Å². The molecule has 1 aliphatic heterocycles. The van der Waals surface area contributed by atoms with Gasteiger partial charge in [0.15, 0.2) is 0 Å². The van der Waals surface area contributed by atoms with E-state index < -0.39 is 0 Å². The van der Waals surface area contributed by atoms with E-state index in [0.717, 1.165) is 46.4 Å². The first-order valence-electron chi connectivity index (χ1n) is 8.52. The maximum atomic E-state index is 13.4. The van der Waals surface area contributed by atoms with E-state index in [1.54, 1.807) is 0 Å². The number of rotatable bonds is 2. The van der Waals surface area contributed by atoms with Crippen molar-refractivity contribution in [1.82, 2.24) is 20.2 Å². The molecule has 1 fully saturated rings. The van der Waals surface area contributed by atoms with Gasteiger partial charge in [-0.15, -0.1) is 0 Å². The summed E-state index contributed by atoms with van der Waals surface area (Å²) in [6.07, 6.45) is 1.82. The van der Waals surface area contributed by atoms with Crippen LogP contribution in [0, 0.1) is 20.8 Å². The van der Waals surface area contributed by atoms with E-state index >= 15 is 0 Å². The molecule has 1 saturated heterocycles. The Morgan fingerprint density at radius 2 is 2.04 bits per heavy atom. The summed E-state index contributed by atoms with van der Waals surface area (Å²) in [6.45, 7) is 6.52. The fourth-order valence-electron chi connectivity index (χ4n) is 3.64. The van der Waals surface area contributed by atoms with Crippen molar-refractivity contribution in [2.75, 3.05) is 6.54 Å². The van der Waals surface area contributed by atoms with Crippen molar-refractivity contribution in [2.45, 2.75) is 39.7 Å². The van der Waals surface area contributed by atoms with Crippen LogP contribution in [0.2, 0.25) is 0 Å². The topological polar surface area (TPSA) is 72.1 Å². The summed E-state index contributed by atoms with van der Waals surface area (Å²) in [6, 6.07) is 7.83. The molecular weight excluding hydrogens is 316 g/mol. The first kappa shape index (κ1) is 15.7. The number of nitrogens with zero attached hydrogens (tertiary/aromatic N) is 4. The van der Waals surface area contributed by atoms with Crippen molar-refractivity contribution in [3.8, 4) is 0 Å². The minimum atomic E-state index is -0.0768. The van der Waals surface area contributed by atoms with Crippen LogP contribution in [-0.4, -0.2) is 32.6 Å². The van der Waals surface area contributed by atoms with E-state index in [-0.39, 0.29) is 11.9 Å². The maximum Gasteiger partial charge on any atom is 0.255 e. The lowest BCUT2D eigenvalue weighted by molar-refractivity contribution is 0.0732. The molecule has 0 bridgehead atoms. The number of likely N-dealkylation sites (tertiary alicyclic amines) is 1. The third-order valence-corrected chi connectivity index (χ3v) is 4.84. The third-order valence-electron chi connectivity index (χ3n) is 4.84. The second-order valence-corrected chi connectivity index (χ2v) is 6.72. The molecule has 0 saturated carbocycles. The number of benzene rings is 1. The van der Waals surface area contributed by atoms with Crippen molar-refractivity contribution in [3.05, 3.63) is 52.5 Å². The molecule has 0 N–H and O–H groups in total. The highest BCUT2D eigenvalue weighted by molar-refractivity contribution is 6.06. The lowest BCUT2D eigenvalue weighted by Gasteiger charge is -2.24. The maximum absolute atomic E-state index is 13.4. The van der Waals surface area contributed by atoms with Crippen LogP contribution < -0.4 is 0 Å². The number of aromatic nitrogens is 3. The second kappa shape index (κ2) is 5.95. The van der Waals surface area contributed by atoms with E-state index in [9.17, 15) is 4.79 Å². The van der Waals surface area contributed by atoms with Crippen LogP contribution in [0.3, 0.4) is 0 Å². The van der Waals surface area contributed by atoms with Gasteiger partial charge >= 0.3 is 0 Å². The highest BCUT2D eigenvalue weighted by Crippen LogP contribution is 2.34. The van der Waals surface area contributed by atoms with E-state index in [1.807, 2.05) is 49.9 Å². The molecule has 25 heavy (non-hydrogen) atoms. The van der Waals surface area contributed by atoms with Crippen molar-refractivity contribution >= 4 is 16.8 Å². The molecule has 0 radical (unpaired) electrons. The summed E-state index contributed by atoms with van der Waals surface area (Å²) >= 11 is 0. The molecule has 6 nitrogen and oxygen atoms in total. The predicted molar refractivity (Wildman–Crippen MR) is 93.3 cm³/mol. The SMILES string of the molecule is Cc1ccc2nc(C)cc(C(=O)N3CCC[C@H]3c3nonc3C)c2c1. The van der Waals surface area contributed by atoms with Gasteiger partial charge in [-0.25, -0.2) is 4.63 Å². The molecule has 2 aromatic heterocycles. The Bertz CT molecular complexity index is 963. The Balaban J connectivity index is 1.79. The summed E-state index contributed by atoms with van der Waals surface area (Å²) in [5, 5.41) is 8.79. The van der Waals surface area contributed by atoms with Gasteiger partial charge in [-0.3, -0.25) is 9.78 Å². The minimum absolute atomic E-state index is 0.0194. The van der Waals surface area contributed by atoms with Crippen LogP contribution in [0.15, 0.2) is 28.9 Å². The summed E-state index contributed by atoms with van der Waals surface area (Å²) in [7, 11) is 0. The molecule has 0 aliphatic carbocycles. The summed E-state index contributed by atoms with van der Waals surface area (Å²) in [5.74, 6) is 0.0194. The van der Waals surface area contributed by atoms with E-state index in [2.05, 4.69) is 15.3 Å². The van der Waals surface area contributed by atoms with Crippen LogP contribution in [0.25, 0.3) is 10.9 Å². The number of fused-ring (bicyclic) bond motifs is 1. The van der Waals surface area contributed by atoms with Crippen LogP contribution in [-0.2, 0) is 0 Å². The lowest BCUT2D eigenvalue weighted by atomic mass is 10.0. The average molecular weight is 336 g/mol. The first-order valence-corrected chi connectivity index (χ1v) is 8.52. The molecule has 4 rings (SSSR count). The molecule has 0 spiro atoms. The van der Waals surface area contributed by atoms with Crippen LogP contribution >= 0.6 is 0 Å². The smallest absolute Gasteiger partial charge is 0.255 e. The zero-order valence-corrected chi connectivity index (χ0v) is 14.6. The van der Waals surface area contributed by atoms with Gasteiger partial charge in [0.25, 0.3) is 5.91 Å². The molecule has 128 valence electrons. The van der Waals surface area contributed by atoms with Crippen LogP contribution in [0.4, 0.5) is 0 Å². The predicted octanol–water partition coefficient (Wildman–Crippen LogP) is 3.52. The molecule has 1 amide bonds. The van der Waals surface area contributed by atoms with Crippen molar-refractivity contribution < 1.29 is 9.42 Å². The number of aryl methyl sites for hydroxylation is 3. The van der Waals surface area contributed by atoms with Crippen molar-refractivity contribution in [2.24, 2.45) is 0 Å². The fraction of sp³-hybridized carbons (Fsp3) is 0.368. The number of amides is 1. The fourth-order valence-corrected chi connectivity index (χ4v) is 3.64. The molecule has 1 aromatic carbocycles. The van der Waals surface area contributed by atoms with Gasteiger partial charge in [0.2, 0.25) is 0 Å². The number of hydrogen-bond acceptors (Lipinski definition) is 5. The zero-order chi connectivity index (χ0) is 17.6. The van der Waals surface area contributed by atoms with Gasteiger partial charge in [0, 0.05) is 17.6 Å². The van der Waals surface area contributed by atoms with E-state index in [4.69, 9.17) is 4.63 Å². The monoisotopic (exact) mass is 336 g/mol. The quantitative estimate of drug-likeness (QED) is 0.716. The number of carbonyl (C=O) groups is 1. The van der Waals surface area contributed by atoms with Crippen LogP contribution in [0.1, 0.15) is 51.9 Å². The van der Waals surface area contributed by atoms with Crippen LogP contribution in [0.5, 0.6) is 0 Å². The zero-order valence-electron chi connectivity index (χ0n) is 14.6. The lowest BCUT2D eigenvalue weighted by Crippen LogP contribution is -2.31. The minimum Gasteiger partial charge on any atom is -0.330 e. The first-order chi connectivity index (χ1) is 12.0. The molecule has 1 aliphatic rings. The Morgan fingerprint density at radius 3 is 2.80 bits per heavy atom. The molecular formula is C19H20N4O2. The standard InChI is InChI=1S/C19H20N4O2/c1-11-6-7-16-14(9-11)15(10-12(2)20-16)19(24)23-8-4-5-17(23)18-13(3)21-25-22-18/h6-7,9-10,17H,4-5,8H2,1-3H3/t17-/m0/s1. The number of carbonyl (C=O) groups excluding carboxylic acids is 1. The summed E-state index contributed by atoms with van der Waals surface area (Å²) in [5.41, 5.74) is 5.01. The molecule has 6 heteroatoms.